The molecule has 0 aliphatic carbocycles. The molecule has 0 aromatic heterocycles. The summed E-state index contributed by atoms with van der Waals surface area (Å²) in [7, 11) is 1.35. The summed E-state index contributed by atoms with van der Waals surface area (Å²) in [6.45, 7) is 0.807. The SMILES string of the molecule is COC(=O)C(Br)COCc1ccccc1. The number of hydrogen-bond donors (Lipinski definition) is 0. The number of methoxy groups -OCH3 is 1. The van der Waals surface area contributed by atoms with Crippen molar-refractivity contribution in [2.75, 3.05) is 13.7 Å². The molecule has 82 valence electrons. The molecule has 1 aromatic carbocycles. The molecule has 0 N–H and O–H groups in total. The van der Waals surface area contributed by atoms with E-state index in [0.29, 0.717) is 13.2 Å². The van der Waals surface area contributed by atoms with Crippen LogP contribution >= 0.6 is 15.9 Å². The fourth-order valence-corrected chi connectivity index (χ4v) is 1.42. The van der Waals surface area contributed by atoms with E-state index in [-0.39, 0.29) is 5.97 Å². The maximum Gasteiger partial charge on any atom is 0.321 e. The first-order valence-electron chi connectivity index (χ1n) is 4.57. The summed E-state index contributed by atoms with van der Waals surface area (Å²) in [6, 6.07) is 9.79. The maximum atomic E-state index is 11.0. The monoisotopic (exact) mass is 272 g/mol. The molecule has 1 atom stereocenters. The Kier molecular flexibility index (Phi) is 5.36. The van der Waals surface area contributed by atoms with Gasteiger partial charge in [-0.25, -0.2) is 0 Å². The summed E-state index contributed by atoms with van der Waals surface area (Å²) in [6.07, 6.45) is 0. The standard InChI is InChI=1S/C11H13BrO3/c1-14-11(13)10(12)8-15-7-9-5-3-2-4-6-9/h2-6,10H,7-8H2,1H3. The van der Waals surface area contributed by atoms with Crippen LogP contribution in [0, 0.1) is 0 Å². The van der Waals surface area contributed by atoms with Gasteiger partial charge in [0.1, 0.15) is 4.83 Å². The van der Waals surface area contributed by atoms with Crippen molar-refractivity contribution >= 4 is 21.9 Å². The lowest BCUT2D eigenvalue weighted by molar-refractivity contribution is -0.141. The number of alkyl halides is 1. The molecule has 0 saturated heterocycles. The number of rotatable bonds is 5. The van der Waals surface area contributed by atoms with E-state index in [2.05, 4.69) is 20.7 Å². The van der Waals surface area contributed by atoms with Crippen molar-refractivity contribution in [3.63, 3.8) is 0 Å². The van der Waals surface area contributed by atoms with Crippen LogP contribution in [0.2, 0.25) is 0 Å². The summed E-state index contributed by atoms with van der Waals surface area (Å²) in [4.78, 5) is 10.6. The highest BCUT2D eigenvalue weighted by Crippen LogP contribution is 2.05. The van der Waals surface area contributed by atoms with E-state index < -0.39 is 4.83 Å². The van der Waals surface area contributed by atoms with E-state index in [9.17, 15) is 4.79 Å². The molecule has 0 spiro atoms. The van der Waals surface area contributed by atoms with Gasteiger partial charge in [-0.3, -0.25) is 4.79 Å². The van der Waals surface area contributed by atoms with Crippen molar-refractivity contribution in [3.05, 3.63) is 35.9 Å². The van der Waals surface area contributed by atoms with Crippen molar-refractivity contribution in [1.82, 2.24) is 0 Å². The van der Waals surface area contributed by atoms with Gasteiger partial charge in [0.05, 0.1) is 20.3 Å². The first kappa shape index (κ1) is 12.2. The van der Waals surface area contributed by atoms with Crippen molar-refractivity contribution in [1.29, 1.82) is 0 Å². The Hall–Kier alpha value is -0.870. The van der Waals surface area contributed by atoms with Crippen LogP contribution in [-0.2, 0) is 20.9 Å². The fraction of sp³-hybridized carbons (Fsp3) is 0.364. The van der Waals surface area contributed by atoms with Crippen LogP contribution in [0.15, 0.2) is 30.3 Å². The molecule has 0 aliphatic heterocycles. The van der Waals surface area contributed by atoms with Gasteiger partial charge in [-0.1, -0.05) is 46.3 Å². The Bertz CT molecular complexity index is 300. The zero-order valence-corrected chi connectivity index (χ0v) is 10.1. The largest absolute Gasteiger partial charge is 0.468 e. The van der Waals surface area contributed by atoms with Gasteiger partial charge in [0.15, 0.2) is 0 Å². The number of ether oxygens (including phenoxy) is 2. The highest BCUT2D eigenvalue weighted by atomic mass is 79.9. The van der Waals surface area contributed by atoms with Gasteiger partial charge in [-0.15, -0.1) is 0 Å². The zero-order chi connectivity index (χ0) is 11.1. The Morgan fingerprint density at radius 1 is 1.40 bits per heavy atom. The number of carbonyl (C=O) groups excluding carboxylic acids is 1. The molecule has 15 heavy (non-hydrogen) atoms. The lowest BCUT2D eigenvalue weighted by atomic mass is 10.2. The predicted molar refractivity (Wildman–Crippen MR) is 60.8 cm³/mol. The molecule has 0 fully saturated rings. The number of carbonyl (C=O) groups is 1. The van der Waals surface area contributed by atoms with Crippen LogP contribution in [0.5, 0.6) is 0 Å². The molecule has 1 aromatic rings. The highest BCUT2D eigenvalue weighted by molar-refractivity contribution is 9.10. The fourth-order valence-electron chi connectivity index (χ4n) is 1.05. The van der Waals surface area contributed by atoms with Gasteiger partial charge >= 0.3 is 5.97 Å². The summed E-state index contributed by atoms with van der Waals surface area (Å²) in [5.41, 5.74) is 1.09. The van der Waals surface area contributed by atoms with E-state index in [4.69, 9.17) is 4.74 Å². The van der Waals surface area contributed by atoms with Crippen LogP contribution in [-0.4, -0.2) is 24.5 Å². The molecule has 0 heterocycles. The van der Waals surface area contributed by atoms with Gasteiger partial charge < -0.3 is 9.47 Å². The molecule has 0 radical (unpaired) electrons. The molecular weight excluding hydrogens is 260 g/mol. The number of hydrogen-bond acceptors (Lipinski definition) is 3. The third kappa shape index (κ3) is 4.44. The van der Waals surface area contributed by atoms with E-state index in [0.717, 1.165) is 5.56 Å². The van der Waals surface area contributed by atoms with E-state index in [1.807, 2.05) is 30.3 Å². The third-order valence-corrected chi connectivity index (χ3v) is 2.47. The lowest BCUT2D eigenvalue weighted by Gasteiger charge is -2.08. The minimum Gasteiger partial charge on any atom is -0.468 e. The average molecular weight is 273 g/mol. The van der Waals surface area contributed by atoms with Gasteiger partial charge in [0, 0.05) is 0 Å². The highest BCUT2D eigenvalue weighted by Gasteiger charge is 2.14. The van der Waals surface area contributed by atoms with Crippen LogP contribution in [0.3, 0.4) is 0 Å². The van der Waals surface area contributed by atoms with Crippen molar-refractivity contribution in [3.8, 4) is 0 Å². The molecule has 0 aliphatic rings. The lowest BCUT2D eigenvalue weighted by Crippen LogP contribution is -2.21. The molecule has 3 nitrogen and oxygen atoms in total. The third-order valence-electron chi connectivity index (χ3n) is 1.83. The van der Waals surface area contributed by atoms with Crippen molar-refractivity contribution in [2.45, 2.75) is 11.4 Å². The van der Waals surface area contributed by atoms with E-state index in [1.165, 1.54) is 7.11 Å². The van der Waals surface area contributed by atoms with Gasteiger partial charge in [0.25, 0.3) is 0 Å². The molecule has 0 amide bonds. The second-order valence-electron chi connectivity index (χ2n) is 2.99. The summed E-state index contributed by atoms with van der Waals surface area (Å²) >= 11 is 3.18. The van der Waals surface area contributed by atoms with E-state index in [1.54, 1.807) is 0 Å². The first-order chi connectivity index (χ1) is 7.24. The van der Waals surface area contributed by atoms with Crippen LogP contribution in [0.1, 0.15) is 5.56 Å². The minimum absolute atomic E-state index is 0.307. The number of benzene rings is 1. The Balaban J connectivity index is 2.25. The quantitative estimate of drug-likeness (QED) is 0.609. The average Bonchev–Trinajstić information content (AvgIpc) is 2.29. The zero-order valence-electron chi connectivity index (χ0n) is 8.48. The Labute approximate surface area is 97.5 Å². The molecule has 1 rings (SSSR count). The van der Waals surface area contributed by atoms with Crippen molar-refractivity contribution < 1.29 is 14.3 Å². The summed E-state index contributed by atoms with van der Waals surface area (Å²) in [5, 5.41) is 0. The molecule has 4 heteroatoms. The Morgan fingerprint density at radius 3 is 2.67 bits per heavy atom. The molecule has 0 saturated carbocycles. The number of halogens is 1. The topological polar surface area (TPSA) is 35.5 Å². The first-order valence-corrected chi connectivity index (χ1v) is 5.49. The van der Waals surface area contributed by atoms with Gasteiger partial charge in [-0.2, -0.15) is 0 Å². The normalized spacial score (nSPS) is 12.1. The summed E-state index contributed by atoms with van der Waals surface area (Å²) < 4.78 is 9.91. The van der Waals surface area contributed by atoms with Gasteiger partial charge in [-0.05, 0) is 5.56 Å². The van der Waals surface area contributed by atoms with Crippen LogP contribution in [0.25, 0.3) is 0 Å². The number of esters is 1. The van der Waals surface area contributed by atoms with Gasteiger partial charge in [0.2, 0.25) is 0 Å². The van der Waals surface area contributed by atoms with E-state index >= 15 is 0 Å². The second-order valence-corrected chi connectivity index (χ2v) is 4.10. The maximum absolute atomic E-state index is 11.0. The van der Waals surface area contributed by atoms with Crippen LogP contribution in [0.4, 0.5) is 0 Å². The smallest absolute Gasteiger partial charge is 0.321 e. The predicted octanol–water partition coefficient (Wildman–Crippen LogP) is 2.14. The van der Waals surface area contributed by atoms with Crippen molar-refractivity contribution in [2.24, 2.45) is 0 Å². The molecule has 0 bridgehead atoms. The van der Waals surface area contributed by atoms with Crippen LogP contribution < -0.4 is 0 Å². The summed E-state index contributed by atoms with van der Waals surface area (Å²) in [5.74, 6) is -0.317. The molecule has 1 unspecified atom stereocenters. The second kappa shape index (κ2) is 6.58. The molecular formula is C11H13BrO3. The minimum atomic E-state index is -0.397. The Morgan fingerprint density at radius 2 is 2.07 bits per heavy atom.